The highest BCUT2D eigenvalue weighted by Gasteiger charge is 2.15. The van der Waals surface area contributed by atoms with Crippen LogP contribution in [0.1, 0.15) is 27.2 Å². The maximum atomic E-state index is 5.36. The summed E-state index contributed by atoms with van der Waals surface area (Å²) in [5.41, 5.74) is 0. The van der Waals surface area contributed by atoms with Gasteiger partial charge in [0.25, 0.3) is 0 Å². The van der Waals surface area contributed by atoms with Crippen molar-refractivity contribution < 1.29 is 4.74 Å². The monoisotopic (exact) mass is 231 g/mol. The third kappa shape index (κ3) is 6.44. The minimum atomic E-state index is 0.634. The molecular formula is C12H25NOS. The molecule has 1 N–H and O–H groups in total. The fourth-order valence-electron chi connectivity index (χ4n) is 1.65. The lowest BCUT2D eigenvalue weighted by Gasteiger charge is -2.16. The molecule has 1 aliphatic heterocycles. The Kier molecular flexibility index (Phi) is 6.69. The number of hydrogen-bond acceptors (Lipinski definition) is 3. The van der Waals surface area contributed by atoms with E-state index in [0.717, 1.165) is 31.6 Å². The zero-order chi connectivity index (χ0) is 11.1. The molecule has 2 unspecified atom stereocenters. The zero-order valence-electron chi connectivity index (χ0n) is 10.3. The van der Waals surface area contributed by atoms with E-state index in [9.17, 15) is 0 Å². The van der Waals surface area contributed by atoms with E-state index in [0.29, 0.717) is 6.04 Å². The van der Waals surface area contributed by atoms with Gasteiger partial charge in [-0.05, 0) is 30.9 Å². The SMILES string of the molecule is CC(C)CSCC(C)NCC1CCOC1. The highest BCUT2D eigenvalue weighted by molar-refractivity contribution is 7.99. The predicted molar refractivity (Wildman–Crippen MR) is 68.6 cm³/mol. The van der Waals surface area contributed by atoms with Crippen LogP contribution in [0, 0.1) is 11.8 Å². The molecule has 0 aromatic carbocycles. The quantitative estimate of drug-likeness (QED) is 0.727. The average Bonchev–Trinajstić information content (AvgIpc) is 2.66. The third-order valence-electron chi connectivity index (χ3n) is 2.60. The summed E-state index contributed by atoms with van der Waals surface area (Å²) < 4.78 is 5.36. The first-order valence-corrected chi connectivity index (χ1v) is 7.22. The van der Waals surface area contributed by atoms with Crippen molar-refractivity contribution in [2.75, 3.05) is 31.3 Å². The Hall–Kier alpha value is 0.270. The molecule has 15 heavy (non-hydrogen) atoms. The molecule has 0 spiro atoms. The van der Waals surface area contributed by atoms with Gasteiger partial charge in [-0.2, -0.15) is 11.8 Å². The van der Waals surface area contributed by atoms with Crippen molar-refractivity contribution in [2.45, 2.75) is 33.2 Å². The Balaban J connectivity index is 1.95. The van der Waals surface area contributed by atoms with E-state index < -0.39 is 0 Å². The molecule has 3 heteroatoms. The lowest BCUT2D eigenvalue weighted by atomic mass is 10.1. The molecule has 1 heterocycles. The Bertz CT molecular complexity index is 158. The average molecular weight is 231 g/mol. The standard InChI is InChI=1S/C12H25NOS/c1-10(2)8-15-9-11(3)13-6-12-4-5-14-7-12/h10-13H,4-9H2,1-3H3. The zero-order valence-corrected chi connectivity index (χ0v) is 11.1. The van der Waals surface area contributed by atoms with Crippen molar-refractivity contribution in [2.24, 2.45) is 11.8 Å². The van der Waals surface area contributed by atoms with Gasteiger partial charge < -0.3 is 10.1 Å². The van der Waals surface area contributed by atoms with Gasteiger partial charge in [0.2, 0.25) is 0 Å². The first-order valence-electron chi connectivity index (χ1n) is 6.07. The number of nitrogens with one attached hydrogen (secondary N) is 1. The lowest BCUT2D eigenvalue weighted by Crippen LogP contribution is -2.33. The second-order valence-corrected chi connectivity index (χ2v) is 6.05. The molecule has 1 aliphatic rings. The molecule has 2 nitrogen and oxygen atoms in total. The van der Waals surface area contributed by atoms with E-state index in [4.69, 9.17) is 4.74 Å². The topological polar surface area (TPSA) is 21.3 Å². The summed E-state index contributed by atoms with van der Waals surface area (Å²) in [6, 6.07) is 0.634. The van der Waals surface area contributed by atoms with Gasteiger partial charge in [-0.15, -0.1) is 0 Å². The van der Waals surface area contributed by atoms with Crippen LogP contribution in [-0.2, 0) is 4.74 Å². The molecule has 0 aromatic rings. The molecular weight excluding hydrogens is 206 g/mol. The number of ether oxygens (including phenoxy) is 1. The van der Waals surface area contributed by atoms with E-state index in [1.807, 2.05) is 0 Å². The fourth-order valence-corrected chi connectivity index (χ4v) is 2.73. The summed E-state index contributed by atoms with van der Waals surface area (Å²) in [6.45, 7) is 9.89. The van der Waals surface area contributed by atoms with E-state index in [1.165, 1.54) is 17.9 Å². The Labute approximate surface area is 98.5 Å². The molecule has 0 amide bonds. The van der Waals surface area contributed by atoms with Gasteiger partial charge >= 0.3 is 0 Å². The normalized spacial score (nSPS) is 23.6. The van der Waals surface area contributed by atoms with Gasteiger partial charge in [0.1, 0.15) is 0 Å². The number of hydrogen-bond donors (Lipinski definition) is 1. The van der Waals surface area contributed by atoms with Crippen LogP contribution in [0.15, 0.2) is 0 Å². The highest BCUT2D eigenvalue weighted by Crippen LogP contribution is 2.12. The summed E-state index contributed by atoms with van der Waals surface area (Å²) >= 11 is 2.06. The minimum Gasteiger partial charge on any atom is -0.381 e. The molecule has 2 atom stereocenters. The smallest absolute Gasteiger partial charge is 0.0507 e. The first kappa shape index (κ1) is 13.3. The van der Waals surface area contributed by atoms with Gasteiger partial charge in [0.15, 0.2) is 0 Å². The van der Waals surface area contributed by atoms with E-state index in [2.05, 4.69) is 37.8 Å². The van der Waals surface area contributed by atoms with Crippen LogP contribution in [0.25, 0.3) is 0 Å². The molecule has 0 aromatic heterocycles. The predicted octanol–water partition coefficient (Wildman–Crippen LogP) is 2.39. The second kappa shape index (κ2) is 7.53. The van der Waals surface area contributed by atoms with Gasteiger partial charge in [0, 0.05) is 24.9 Å². The van der Waals surface area contributed by atoms with Crippen LogP contribution in [-0.4, -0.2) is 37.3 Å². The molecule has 1 fully saturated rings. The summed E-state index contributed by atoms with van der Waals surface area (Å²) in [4.78, 5) is 0. The van der Waals surface area contributed by atoms with Gasteiger partial charge in [-0.1, -0.05) is 13.8 Å². The number of thioether (sulfide) groups is 1. The second-order valence-electron chi connectivity index (χ2n) is 4.97. The summed E-state index contributed by atoms with van der Waals surface area (Å²) in [6.07, 6.45) is 1.23. The Morgan fingerprint density at radius 3 is 2.73 bits per heavy atom. The van der Waals surface area contributed by atoms with Crippen LogP contribution in [0.4, 0.5) is 0 Å². The maximum absolute atomic E-state index is 5.36. The minimum absolute atomic E-state index is 0.634. The summed E-state index contributed by atoms with van der Waals surface area (Å²) in [5.74, 6) is 4.07. The van der Waals surface area contributed by atoms with Crippen molar-refractivity contribution in [3.63, 3.8) is 0 Å². The molecule has 0 radical (unpaired) electrons. The van der Waals surface area contributed by atoms with Crippen molar-refractivity contribution in [3.05, 3.63) is 0 Å². The van der Waals surface area contributed by atoms with Gasteiger partial charge in [0.05, 0.1) is 6.61 Å². The van der Waals surface area contributed by atoms with Crippen LogP contribution in [0.3, 0.4) is 0 Å². The largest absolute Gasteiger partial charge is 0.381 e. The van der Waals surface area contributed by atoms with Crippen molar-refractivity contribution in [1.82, 2.24) is 5.32 Å². The van der Waals surface area contributed by atoms with E-state index in [1.54, 1.807) is 0 Å². The van der Waals surface area contributed by atoms with Crippen LogP contribution < -0.4 is 5.32 Å². The fraction of sp³-hybridized carbons (Fsp3) is 1.00. The summed E-state index contributed by atoms with van der Waals surface area (Å²) in [7, 11) is 0. The van der Waals surface area contributed by atoms with E-state index in [-0.39, 0.29) is 0 Å². The van der Waals surface area contributed by atoms with Crippen molar-refractivity contribution in [3.8, 4) is 0 Å². The van der Waals surface area contributed by atoms with Crippen LogP contribution >= 0.6 is 11.8 Å². The maximum Gasteiger partial charge on any atom is 0.0507 e. The van der Waals surface area contributed by atoms with Gasteiger partial charge in [-0.3, -0.25) is 0 Å². The molecule has 1 rings (SSSR count). The molecule has 0 bridgehead atoms. The molecule has 1 saturated heterocycles. The molecule has 0 aliphatic carbocycles. The van der Waals surface area contributed by atoms with Gasteiger partial charge in [-0.25, -0.2) is 0 Å². The van der Waals surface area contributed by atoms with E-state index >= 15 is 0 Å². The Morgan fingerprint density at radius 1 is 1.33 bits per heavy atom. The summed E-state index contributed by atoms with van der Waals surface area (Å²) in [5, 5.41) is 3.60. The van der Waals surface area contributed by atoms with Crippen molar-refractivity contribution in [1.29, 1.82) is 0 Å². The van der Waals surface area contributed by atoms with Crippen molar-refractivity contribution >= 4 is 11.8 Å². The highest BCUT2D eigenvalue weighted by atomic mass is 32.2. The lowest BCUT2D eigenvalue weighted by molar-refractivity contribution is 0.185. The Morgan fingerprint density at radius 2 is 2.13 bits per heavy atom. The first-order chi connectivity index (χ1) is 7.18. The number of rotatable bonds is 7. The van der Waals surface area contributed by atoms with Crippen LogP contribution in [0.2, 0.25) is 0 Å². The molecule has 0 saturated carbocycles. The molecule has 90 valence electrons. The van der Waals surface area contributed by atoms with Crippen LogP contribution in [0.5, 0.6) is 0 Å². The third-order valence-corrected chi connectivity index (χ3v) is 4.24.